The molecule has 0 radical (unpaired) electrons. The number of aromatic hydroxyl groups is 1. The van der Waals surface area contributed by atoms with Crippen LogP contribution in [0, 0.1) is 0 Å². The second kappa shape index (κ2) is 9.58. The molecule has 2 N–H and O–H groups in total. The first-order valence-corrected chi connectivity index (χ1v) is 9.66. The van der Waals surface area contributed by atoms with Crippen LogP contribution in [0.4, 0.5) is 5.69 Å². The molecule has 0 atom stereocenters. The summed E-state index contributed by atoms with van der Waals surface area (Å²) in [6, 6.07) is 18.0. The summed E-state index contributed by atoms with van der Waals surface area (Å²) in [6.45, 7) is 3.31. The van der Waals surface area contributed by atoms with Crippen molar-refractivity contribution in [1.29, 1.82) is 0 Å². The third kappa shape index (κ3) is 5.47. The zero-order valence-corrected chi connectivity index (χ0v) is 16.9. The minimum atomic E-state index is 0.225. The van der Waals surface area contributed by atoms with Crippen molar-refractivity contribution in [3.8, 4) is 17.2 Å². The highest BCUT2D eigenvalue weighted by atomic mass is 35.5. The van der Waals surface area contributed by atoms with E-state index in [0.717, 1.165) is 16.8 Å². The number of phenolic OH excluding ortho intramolecular Hbond substituents is 1. The Morgan fingerprint density at radius 3 is 2.39 bits per heavy atom. The topological polar surface area (TPSA) is 50.7 Å². The molecule has 4 nitrogen and oxygen atoms in total. The van der Waals surface area contributed by atoms with Gasteiger partial charge in [-0.1, -0.05) is 35.3 Å². The van der Waals surface area contributed by atoms with Crippen molar-refractivity contribution in [2.24, 2.45) is 0 Å². The molecular formula is C22H21Cl2NO3. The summed E-state index contributed by atoms with van der Waals surface area (Å²) in [6.07, 6.45) is 0. The van der Waals surface area contributed by atoms with Crippen molar-refractivity contribution < 1.29 is 14.6 Å². The molecule has 6 heteroatoms. The molecule has 0 aliphatic carbocycles. The number of halogens is 2. The molecule has 146 valence electrons. The average molecular weight is 418 g/mol. The van der Waals surface area contributed by atoms with Crippen LogP contribution in [-0.4, -0.2) is 11.7 Å². The molecule has 0 heterocycles. The molecule has 0 unspecified atom stereocenters. The fraction of sp³-hybridized carbons (Fsp3) is 0.182. The van der Waals surface area contributed by atoms with Gasteiger partial charge in [0.05, 0.1) is 6.61 Å². The minimum absolute atomic E-state index is 0.225. The van der Waals surface area contributed by atoms with Crippen molar-refractivity contribution in [2.45, 2.75) is 20.1 Å². The summed E-state index contributed by atoms with van der Waals surface area (Å²) in [5, 5.41) is 13.9. The molecule has 0 aliphatic heterocycles. The number of rotatable bonds is 8. The summed E-state index contributed by atoms with van der Waals surface area (Å²) < 4.78 is 11.7. The average Bonchev–Trinajstić information content (AvgIpc) is 2.68. The van der Waals surface area contributed by atoms with Gasteiger partial charge in [-0.15, -0.1) is 0 Å². The predicted molar refractivity (Wildman–Crippen MR) is 114 cm³/mol. The van der Waals surface area contributed by atoms with E-state index in [-0.39, 0.29) is 5.75 Å². The van der Waals surface area contributed by atoms with Gasteiger partial charge in [0.2, 0.25) is 0 Å². The zero-order valence-electron chi connectivity index (χ0n) is 15.4. The molecule has 28 heavy (non-hydrogen) atoms. The van der Waals surface area contributed by atoms with Gasteiger partial charge in [-0.25, -0.2) is 0 Å². The summed E-state index contributed by atoms with van der Waals surface area (Å²) in [4.78, 5) is 0. The third-order valence-corrected chi connectivity index (χ3v) is 4.63. The lowest BCUT2D eigenvalue weighted by Gasteiger charge is -2.16. The van der Waals surface area contributed by atoms with E-state index < -0.39 is 0 Å². The number of hydrogen-bond donors (Lipinski definition) is 2. The monoisotopic (exact) mass is 417 g/mol. The largest absolute Gasteiger partial charge is 0.508 e. The van der Waals surface area contributed by atoms with Crippen LogP contribution in [0.2, 0.25) is 10.0 Å². The quantitative estimate of drug-likeness (QED) is 0.422. The van der Waals surface area contributed by atoms with Gasteiger partial charge in [0.15, 0.2) is 11.5 Å². The lowest BCUT2D eigenvalue weighted by Crippen LogP contribution is -2.04. The van der Waals surface area contributed by atoms with E-state index >= 15 is 0 Å². The van der Waals surface area contributed by atoms with E-state index in [1.54, 1.807) is 30.3 Å². The molecular weight excluding hydrogens is 397 g/mol. The van der Waals surface area contributed by atoms with Gasteiger partial charge in [0.1, 0.15) is 12.4 Å². The molecule has 0 bridgehead atoms. The Bertz CT molecular complexity index is 930. The maximum Gasteiger partial charge on any atom is 0.163 e. The van der Waals surface area contributed by atoms with Crippen molar-refractivity contribution in [1.82, 2.24) is 0 Å². The first-order valence-electron chi connectivity index (χ1n) is 8.90. The van der Waals surface area contributed by atoms with Crippen molar-refractivity contribution >= 4 is 28.9 Å². The van der Waals surface area contributed by atoms with E-state index in [4.69, 9.17) is 32.7 Å². The smallest absolute Gasteiger partial charge is 0.163 e. The summed E-state index contributed by atoms with van der Waals surface area (Å²) in [7, 11) is 0. The molecule has 0 amide bonds. The number of phenols is 1. The summed E-state index contributed by atoms with van der Waals surface area (Å²) in [5.74, 6) is 1.44. The highest BCUT2D eigenvalue weighted by molar-refractivity contribution is 6.31. The molecule has 3 rings (SSSR count). The van der Waals surface area contributed by atoms with Crippen molar-refractivity contribution in [3.05, 3.63) is 81.8 Å². The minimum Gasteiger partial charge on any atom is -0.508 e. The van der Waals surface area contributed by atoms with E-state index in [0.29, 0.717) is 41.3 Å². The number of hydrogen-bond acceptors (Lipinski definition) is 4. The number of anilines is 1. The Hall–Kier alpha value is -2.56. The van der Waals surface area contributed by atoms with Crippen LogP contribution >= 0.6 is 23.2 Å². The fourth-order valence-electron chi connectivity index (χ4n) is 2.66. The Balaban J connectivity index is 1.74. The van der Waals surface area contributed by atoms with Crippen LogP contribution < -0.4 is 14.8 Å². The molecule has 0 saturated carbocycles. The van der Waals surface area contributed by atoms with E-state index in [9.17, 15) is 5.11 Å². The molecule has 3 aromatic carbocycles. The maximum atomic E-state index is 9.37. The highest BCUT2D eigenvalue weighted by Crippen LogP contribution is 2.34. The van der Waals surface area contributed by atoms with Gasteiger partial charge in [0.25, 0.3) is 0 Å². The SMILES string of the molecule is CCOc1cc(CNc2ccc(O)cc2)c(Cl)cc1OCc1cccc(Cl)c1. The second-order valence-electron chi connectivity index (χ2n) is 6.14. The van der Waals surface area contributed by atoms with Crippen LogP contribution in [0.15, 0.2) is 60.7 Å². The first-order chi connectivity index (χ1) is 13.5. The van der Waals surface area contributed by atoms with E-state index in [2.05, 4.69) is 5.32 Å². The normalized spacial score (nSPS) is 10.5. The third-order valence-electron chi connectivity index (χ3n) is 4.05. The molecule has 0 aliphatic rings. The van der Waals surface area contributed by atoms with Crippen LogP contribution in [0.5, 0.6) is 17.2 Å². The Kier molecular flexibility index (Phi) is 6.90. The summed E-state index contributed by atoms with van der Waals surface area (Å²) in [5.41, 5.74) is 2.73. The lowest BCUT2D eigenvalue weighted by molar-refractivity contribution is 0.269. The van der Waals surface area contributed by atoms with Crippen LogP contribution in [0.1, 0.15) is 18.1 Å². The number of ether oxygens (including phenoxy) is 2. The molecule has 0 saturated heterocycles. The number of benzene rings is 3. The zero-order chi connectivity index (χ0) is 19.9. The Labute approximate surface area is 174 Å². The van der Waals surface area contributed by atoms with E-state index in [1.807, 2.05) is 37.3 Å². The fourth-order valence-corrected chi connectivity index (χ4v) is 3.09. The lowest BCUT2D eigenvalue weighted by atomic mass is 10.2. The number of nitrogens with one attached hydrogen (secondary N) is 1. The van der Waals surface area contributed by atoms with Crippen LogP contribution in [0.3, 0.4) is 0 Å². The van der Waals surface area contributed by atoms with Crippen LogP contribution in [0.25, 0.3) is 0 Å². The van der Waals surface area contributed by atoms with E-state index in [1.165, 1.54) is 0 Å². The van der Waals surface area contributed by atoms with Gasteiger partial charge in [-0.2, -0.15) is 0 Å². The van der Waals surface area contributed by atoms with Crippen molar-refractivity contribution in [3.63, 3.8) is 0 Å². The second-order valence-corrected chi connectivity index (χ2v) is 6.99. The van der Waals surface area contributed by atoms with Gasteiger partial charge in [-0.05, 0) is 60.5 Å². The maximum absolute atomic E-state index is 9.37. The highest BCUT2D eigenvalue weighted by Gasteiger charge is 2.12. The standard InChI is InChI=1S/C22H21Cl2NO3/c1-2-27-21-11-16(13-25-18-6-8-19(26)9-7-18)20(24)12-22(21)28-14-15-4-3-5-17(23)10-15/h3-12,25-26H,2,13-14H2,1H3. The van der Waals surface area contributed by atoms with Crippen LogP contribution in [-0.2, 0) is 13.2 Å². The van der Waals surface area contributed by atoms with Gasteiger partial charge >= 0.3 is 0 Å². The van der Waals surface area contributed by atoms with Crippen molar-refractivity contribution in [2.75, 3.05) is 11.9 Å². The first kappa shape index (κ1) is 20.2. The van der Waals surface area contributed by atoms with Gasteiger partial charge in [0, 0.05) is 28.3 Å². The molecule has 0 fully saturated rings. The molecule has 0 spiro atoms. The Morgan fingerprint density at radius 1 is 0.929 bits per heavy atom. The summed E-state index contributed by atoms with van der Waals surface area (Å²) >= 11 is 12.5. The molecule has 0 aromatic heterocycles. The van der Waals surface area contributed by atoms with Gasteiger partial charge < -0.3 is 19.9 Å². The molecule has 3 aromatic rings. The van der Waals surface area contributed by atoms with Gasteiger partial charge in [-0.3, -0.25) is 0 Å². The Morgan fingerprint density at radius 2 is 1.68 bits per heavy atom. The predicted octanol–water partition coefficient (Wildman–Crippen LogP) is 6.29.